The van der Waals surface area contributed by atoms with Crippen LogP contribution in [0.1, 0.15) is 114 Å². The second-order valence-corrected chi connectivity index (χ2v) is 18.5. The van der Waals surface area contributed by atoms with Gasteiger partial charge in [-0.2, -0.15) is 0 Å². The lowest BCUT2D eigenvalue weighted by Crippen LogP contribution is -2.53. The van der Waals surface area contributed by atoms with E-state index in [2.05, 4.69) is 33.0 Å². The van der Waals surface area contributed by atoms with Crippen LogP contribution in [0.15, 0.2) is 0 Å². The smallest absolute Gasteiger partial charge is 0.311 e. The fourth-order valence-corrected chi connectivity index (χ4v) is 9.28. The van der Waals surface area contributed by atoms with Gasteiger partial charge in [-0.25, -0.2) is 0 Å². The summed E-state index contributed by atoms with van der Waals surface area (Å²) >= 11 is 9.53. The highest BCUT2D eigenvalue weighted by atomic mass is 35.5. The normalized spacial score (nSPS) is 21.3. The highest BCUT2D eigenvalue weighted by Gasteiger charge is 2.44. The molecule has 0 aliphatic carbocycles. The van der Waals surface area contributed by atoms with Crippen LogP contribution < -0.4 is 5.32 Å². The SMILES string of the molecule is CC[C@H](C)[C@@H]([C@@H](CC(=O)N1CCC[C@H]1[C@H](OC)[C@@H](C)C(=O)OC)OC)N(C)C(=O)[C@@H](C)C(C)C.CC[C@H](C)[C@H](NC)[C@@H](CC(=O)N1CCC[C@H]1[C@H](OC)[C@@H](C)C(=O)OC)OC.ClCCl. The largest absolute Gasteiger partial charge is 0.469 e. The molecule has 0 saturated carbocycles. The van der Waals surface area contributed by atoms with E-state index in [4.69, 9.17) is 51.6 Å². The van der Waals surface area contributed by atoms with E-state index < -0.39 is 24.0 Å². The Morgan fingerprint density at radius 3 is 1.34 bits per heavy atom. The predicted octanol–water partition coefficient (Wildman–Crippen LogP) is 6.63. The van der Waals surface area contributed by atoms with Gasteiger partial charge < -0.3 is 48.4 Å². The Morgan fingerprint density at radius 2 is 1.03 bits per heavy atom. The summed E-state index contributed by atoms with van der Waals surface area (Å²) in [5.74, 6) is -0.840. The number of nitrogens with zero attached hydrogens (tertiary/aromatic N) is 3. The van der Waals surface area contributed by atoms with E-state index in [0.717, 1.165) is 38.5 Å². The predicted molar refractivity (Wildman–Crippen MR) is 253 cm³/mol. The molecular formula is C47H88Cl2N4O11. The number of hydrogen-bond donors (Lipinski definition) is 1. The fourth-order valence-electron chi connectivity index (χ4n) is 9.28. The summed E-state index contributed by atoms with van der Waals surface area (Å²) in [6, 6.07) is -0.435. The van der Waals surface area contributed by atoms with E-state index in [1.54, 1.807) is 47.2 Å². The minimum atomic E-state index is -0.485. The van der Waals surface area contributed by atoms with Crippen molar-refractivity contribution in [1.82, 2.24) is 20.0 Å². The summed E-state index contributed by atoms with van der Waals surface area (Å²) < 4.78 is 32.6. The number of esters is 2. The molecule has 2 aliphatic heterocycles. The Morgan fingerprint density at radius 1 is 0.641 bits per heavy atom. The van der Waals surface area contributed by atoms with Crippen molar-refractivity contribution in [1.29, 1.82) is 0 Å². The van der Waals surface area contributed by atoms with Crippen molar-refractivity contribution in [3.05, 3.63) is 0 Å². The molecule has 0 unspecified atom stereocenters. The molecule has 2 heterocycles. The number of nitrogens with one attached hydrogen (secondary N) is 1. The summed E-state index contributed by atoms with van der Waals surface area (Å²) in [5, 5.41) is 3.50. The van der Waals surface area contributed by atoms with Crippen LogP contribution in [0.25, 0.3) is 0 Å². The number of carbonyl (C=O) groups is 5. The van der Waals surface area contributed by atoms with Crippen molar-refractivity contribution in [3.63, 3.8) is 0 Å². The molecule has 1 N–H and O–H groups in total. The second-order valence-electron chi connectivity index (χ2n) is 17.7. The van der Waals surface area contributed by atoms with Crippen LogP contribution in [0, 0.1) is 35.5 Å². The van der Waals surface area contributed by atoms with Crippen LogP contribution in [-0.2, 0) is 52.4 Å². The molecule has 2 rings (SSSR count). The first-order chi connectivity index (χ1) is 30.2. The van der Waals surface area contributed by atoms with Gasteiger partial charge in [-0.1, -0.05) is 61.3 Å². The summed E-state index contributed by atoms with van der Waals surface area (Å²) in [6.07, 6.45) is 4.24. The third kappa shape index (κ3) is 17.8. The quantitative estimate of drug-likeness (QED) is 0.0813. The zero-order chi connectivity index (χ0) is 49.4. The van der Waals surface area contributed by atoms with Crippen LogP contribution in [0.3, 0.4) is 0 Å². The van der Waals surface area contributed by atoms with E-state index in [1.807, 2.05) is 44.7 Å². The minimum Gasteiger partial charge on any atom is -0.469 e. The van der Waals surface area contributed by atoms with E-state index in [0.29, 0.717) is 25.4 Å². The molecule has 15 nitrogen and oxygen atoms in total. The van der Waals surface area contributed by atoms with Crippen LogP contribution in [0.2, 0.25) is 0 Å². The second kappa shape index (κ2) is 32.4. The summed E-state index contributed by atoms with van der Waals surface area (Å²) in [5.41, 5.74) is 0. The Hall–Kier alpha value is -2.27. The van der Waals surface area contributed by atoms with Gasteiger partial charge in [-0.15, -0.1) is 23.2 Å². The Labute approximate surface area is 396 Å². The van der Waals surface area contributed by atoms with Crippen molar-refractivity contribution in [2.24, 2.45) is 35.5 Å². The molecule has 2 saturated heterocycles. The number of halogens is 2. The lowest BCUT2D eigenvalue weighted by molar-refractivity contribution is -0.154. The summed E-state index contributed by atoms with van der Waals surface area (Å²) in [6.45, 7) is 19.4. The van der Waals surface area contributed by atoms with Crippen molar-refractivity contribution in [3.8, 4) is 0 Å². The molecule has 2 fully saturated rings. The number of carbonyl (C=O) groups excluding carboxylic acids is 5. The van der Waals surface area contributed by atoms with Crippen molar-refractivity contribution < 1.29 is 52.4 Å². The summed E-state index contributed by atoms with van der Waals surface area (Å²) in [4.78, 5) is 69.4. The number of methoxy groups -OCH3 is 6. The Kier molecular flexibility index (Phi) is 31.3. The van der Waals surface area contributed by atoms with Crippen LogP contribution in [0.5, 0.6) is 0 Å². The lowest BCUT2D eigenvalue weighted by atomic mass is 9.88. The Balaban J connectivity index is 0.00000119. The van der Waals surface area contributed by atoms with E-state index in [1.165, 1.54) is 14.2 Å². The van der Waals surface area contributed by atoms with Crippen LogP contribution in [-0.4, -0.2) is 168 Å². The van der Waals surface area contributed by atoms with Gasteiger partial charge >= 0.3 is 11.9 Å². The molecule has 13 atom stereocenters. The standard InChI is InChI=1S/C26H48N2O6.C20H38N2O5.CH2Cl2/c1-11-17(4)23(27(7)25(30)18(5)16(2)3)21(32-8)15-22(29)28-14-12-13-20(28)24(33-9)19(6)26(31)34-10;1-8-13(2)18(21-4)16(25-5)12-17(23)22-11-9-10-15(22)19(26-6)14(3)20(24)27-7;2-1-3/h16-21,23-24H,11-15H2,1-10H3;13-16,18-19,21H,8-12H2,1-7H3;1H2/t17-,18-,19+,20-,21+,23-,24+;13-,14+,15-,16+,18-,19+;/m00./s1. The number of amides is 3. The number of rotatable bonds is 24. The third-order valence-electron chi connectivity index (χ3n) is 13.8. The highest BCUT2D eigenvalue weighted by molar-refractivity contribution is 6.40. The number of likely N-dealkylation sites (tertiary alicyclic amines) is 2. The van der Waals surface area contributed by atoms with E-state index in [-0.39, 0.29) is 95.5 Å². The molecule has 17 heteroatoms. The molecule has 376 valence electrons. The van der Waals surface area contributed by atoms with E-state index in [9.17, 15) is 24.0 Å². The molecule has 64 heavy (non-hydrogen) atoms. The van der Waals surface area contributed by atoms with Crippen LogP contribution in [0.4, 0.5) is 0 Å². The summed E-state index contributed by atoms with van der Waals surface area (Å²) in [7, 11) is 12.9. The maximum Gasteiger partial charge on any atom is 0.311 e. The molecule has 0 radical (unpaired) electrons. The lowest BCUT2D eigenvalue weighted by Gasteiger charge is -2.40. The highest BCUT2D eigenvalue weighted by Crippen LogP contribution is 2.31. The van der Waals surface area contributed by atoms with Crippen molar-refractivity contribution in [2.45, 2.75) is 162 Å². The zero-order valence-corrected chi connectivity index (χ0v) is 44.0. The topological polar surface area (TPSA) is 162 Å². The Bertz CT molecular complexity index is 1370. The number of alkyl halides is 2. The molecule has 0 aromatic heterocycles. The van der Waals surface area contributed by atoms with Crippen molar-refractivity contribution >= 4 is 52.9 Å². The molecule has 0 spiro atoms. The van der Waals surface area contributed by atoms with Gasteiger partial charge in [0.2, 0.25) is 17.7 Å². The number of hydrogen-bond acceptors (Lipinski definition) is 12. The molecular weight excluding hydrogens is 867 g/mol. The van der Waals surface area contributed by atoms with Gasteiger partial charge in [0, 0.05) is 60.5 Å². The van der Waals surface area contributed by atoms with Crippen molar-refractivity contribution in [2.75, 3.05) is 75.2 Å². The van der Waals surface area contributed by atoms with Gasteiger partial charge in [-0.3, -0.25) is 24.0 Å². The molecule has 2 aliphatic rings. The first-order valence-electron chi connectivity index (χ1n) is 23.1. The maximum absolute atomic E-state index is 13.5. The monoisotopic (exact) mass is 955 g/mol. The minimum absolute atomic E-state index is 0.0421. The maximum atomic E-state index is 13.5. The van der Waals surface area contributed by atoms with Gasteiger partial charge in [0.05, 0.1) is 86.8 Å². The third-order valence-corrected chi connectivity index (χ3v) is 13.8. The fraction of sp³-hybridized carbons (Fsp3) is 0.894. The first-order valence-corrected chi connectivity index (χ1v) is 24.2. The van der Waals surface area contributed by atoms with Crippen LogP contribution >= 0.6 is 23.2 Å². The first kappa shape index (κ1) is 61.7. The number of ether oxygens (including phenoxy) is 6. The average Bonchev–Trinajstić information content (AvgIpc) is 3.99. The molecule has 0 aromatic carbocycles. The average molecular weight is 956 g/mol. The number of likely N-dealkylation sites (N-methyl/N-ethyl adjacent to an activating group) is 2. The van der Waals surface area contributed by atoms with E-state index >= 15 is 0 Å². The molecule has 0 bridgehead atoms. The van der Waals surface area contributed by atoms with Gasteiger partial charge in [0.15, 0.2) is 0 Å². The molecule has 0 aromatic rings. The van der Waals surface area contributed by atoms with Gasteiger partial charge in [0.1, 0.15) is 0 Å². The zero-order valence-electron chi connectivity index (χ0n) is 42.4. The van der Waals surface area contributed by atoms with Gasteiger partial charge in [-0.05, 0) is 64.3 Å². The van der Waals surface area contributed by atoms with Gasteiger partial charge in [0.25, 0.3) is 0 Å². The molecule has 3 amide bonds.